The van der Waals surface area contributed by atoms with Gasteiger partial charge in [0.25, 0.3) is 0 Å². The Labute approximate surface area is 117 Å². The molecule has 0 unspecified atom stereocenters. The molecule has 1 aromatic carbocycles. The standard InChI is InChI=1S/C11H6Cl2N2O2S/c12-6-1-2-7(13)9(5-6)18-11-14-4-3-8(15-11)10(16)17/h1-5H,(H,16,17). The SMILES string of the molecule is O=C(O)c1ccnc(Sc2cc(Cl)ccc2Cl)n1. The van der Waals surface area contributed by atoms with Crippen molar-refractivity contribution in [3.05, 3.63) is 46.2 Å². The summed E-state index contributed by atoms with van der Waals surface area (Å²) in [5.41, 5.74) is -0.0642. The molecular formula is C11H6Cl2N2O2S. The Hall–Kier alpha value is -1.30. The molecule has 0 aliphatic rings. The Bertz CT molecular complexity index is 607. The van der Waals surface area contributed by atoms with Crippen LogP contribution in [-0.4, -0.2) is 21.0 Å². The Morgan fingerprint density at radius 1 is 1.28 bits per heavy atom. The molecule has 7 heteroatoms. The van der Waals surface area contributed by atoms with Crippen LogP contribution in [0.1, 0.15) is 10.5 Å². The van der Waals surface area contributed by atoms with Gasteiger partial charge in [-0.3, -0.25) is 0 Å². The third-order valence-electron chi connectivity index (χ3n) is 1.95. The van der Waals surface area contributed by atoms with Gasteiger partial charge in [-0.05, 0) is 36.0 Å². The topological polar surface area (TPSA) is 63.1 Å². The first-order valence-electron chi connectivity index (χ1n) is 4.75. The Kier molecular flexibility index (Phi) is 4.06. The van der Waals surface area contributed by atoms with E-state index in [-0.39, 0.29) is 5.69 Å². The van der Waals surface area contributed by atoms with Crippen molar-refractivity contribution in [2.45, 2.75) is 10.1 Å². The van der Waals surface area contributed by atoms with Crippen molar-refractivity contribution in [1.82, 2.24) is 9.97 Å². The fraction of sp³-hybridized carbons (Fsp3) is 0. The van der Waals surface area contributed by atoms with E-state index in [1.54, 1.807) is 18.2 Å². The van der Waals surface area contributed by atoms with Crippen LogP contribution in [0.5, 0.6) is 0 Å². The monoisotopic (exact) mass is 300 g/mol. The van der Waals surface area contributed by atoms with Gasteiger partial charge in [-0.15, -0.1) is 0 Å². The van der Waals surface area contributed by atoms with Crippen molar-refractivity contribution >= 4 is 40.9 Å². The Balaban J connectivity index is 2.31. The van der Waals surface area contributed by atoms with E-state index in [0.717, 1.165) is 11.8 Å². The first-order valence-corrected chi connectivity index (χ1v) is 6.33. The molecule has 0 saturated heterocycles. The van der Waals surface area contributed by atoms with Crippen LogP contribution < -0.4 is 0 Å². The van der Waals surface area contributed by atoms with Crippen LogP contribution in [-0.2, 0) is 0 Å². The third-order valence-corrected chi connectivity index (χ3v) is 3.56. The lowest BCUT2D eigenvalue weighted by Gasteiger charge is -2.03. The molecule has 0 aliphatic carbocycles. The van der Waals surface area contributed by atoms with Gasteiger partial charge in [0.1, 0.15) is 0 Å². The highest BCUT2D eigenvalue weighted by molar-refractivity contribution is 7.99. The van der Waals surface area contributed by atoms with Crippen molar-refractivity contribution < 1.29 is 9.90 Å². The van der Waals surface area contributed by atoms with E-state index >= 15 is 0 Å². The second-order valence-corrected chi connectivity index (χ2v) is 5.06. The largest absolute Gasteiger partial charge is 0.477 e. The number of carbonyl (C=O) groups is 1. The lowest BCUT2D eigenvalue weighted by molar-refractivity contribution is 0.0689. The van der Waals surface area contributed by atoms with E-state index in [1.807, 2.05) is 0 Å². The summed E-state index contributed by atoms with van der Waals surface area (Å²) < 4.78 is 0. The van der Waals surface area contributed by atoms with Crippen molar-refractivity contribution in [3.63, 3.8) is 0 Å². The minimum Gasteiger partial charge on any atom is -0.477 e. The highest BCUT2D eigenvalue weighted by Crippen LogP contribution is 2.33. The van der Waals surface area contributed by atoms with Gasteiger partial charge in [0.2, 0.25) is 0 Å². The van der Waals surface area contributed by atoms with Gasteiger partial charge in [-0.2, -0.15) is 0 Å². The molecule has 2 aromatic rings. The summed E-state index contributed by atoms with van der Waals surface area (Å²) in [5.74, 6) is -1.10. The lowest BCUT2D eigenvalue weighted by Crippen LogP contribution is -2.01. The predicted molar refractivity (Wildman–Crippen MR) is 69.6 cm³/mol. The average molecular weight is 301 g/mol. The molecule has 0 fully saturated rings. The molecule has 1 aromatic heterocycles. The molecule has 4 nitrogen and oxygen atoms in total. The number of hydrogen-bond acceptors (Lipinski definition) is 4. The van der Waals surface area contributed by atoms with E-state index in [4.69, 9.17) is 28.3 Å². The summed E-state index contributed by atoms with van der Waals surface area (Å²) in [6.45, 7) is 0. The zero-order chi connectivity index (χ0) is 13.1. The highest BCUT2D eigenvalue weighted by Gasteiger charge is 2.09. The Morgan fingerprint density at radius 2 is 2.06 bits per heavy atom. The van der Waals surface area contributed by atoms with Gasteiger partial charge in [-0.25, -0.2) is 14.8 Å². The summed E-state index contributed by atoms with van der Waals surface area (Å²) in [4.78, 5) is 19.3. The lowest BCUT2D eigenvalue weighted by atomic mass is 10.4. The maximum absolute atomic E-state index is 10.8. The van der Waals surface area contributed by atoms with Gasteiger partial charge in [-0.1, -0.05) is 23.2 Å². The van der Waals surface area contributed by atoms with Gasteiger partial charge in [0, 0.05) is 16.1 Å². The van der Waals surface area contributed by atoms with Crippen LogP contribution in [0.3, 0.4) is 0 Å². The zero-order valence-corrected chi connectivity index (χ0v) is 11.1. The zero-order valence-electron chi connectivity index (χ0n) is 8.80. The second kappa shape index (κ2) is 5.56. The fourth-order valence-corrected chi connectivity index (χ4v) is 2.44. The average Bonchev–Trinajstić information content (AvgIpc) is 2.34. The van der Waals surface area contributed by atoms with E-state index in [2.05, 4.69) is 9.97 Å². The molecule has 2 rings (SSSR count). The summed E-state index contributed by atoms with van der Waals surface area (Å²) >= 11 is 13.0. The molecule has 0 aliphatic heterocycles. The van der Waals surface area contributed by atoms with Crippen LogP contribution in [0.2, 0.25) is 10.0 Å². The number of aromatic carboxylic acids is 1. The first-order chi connectivity index (χ1) is 8.56. The van der Waals surface area contributed by atoms with Gasteiger partial charge in [0.05, 0.1) is 5.02 Å². The number of nitrogens with zero attached hydrogens (tertiary/aromatic N) is 2. The van der Waals surface area contributed by atoms with Crippen LogP contribution in [0, 0.1) is 0 Å². The smallest absolute Gasteiger partial charge is 0.354 e. The molecule has 92 valence electrons. The number of hydrogen-bond donors (Lipinski definition) is 1. The van der Waals surface area contributed by atoms with E-state index in [0.29, 0.717) is 20.1 Å². The van der Waals surface area contributed by atoms with Gasteiger partial charge in [0.15, 0.2) is 10.9 Å². The molecule has 1 N–H and O–H groups in total. The molecule has 1 heterocycles. The normalized spacial score (nSPS) is 10.3. The second-order valence-electron chi connectivity index (χ2n) is 3.21. The van der Waals surface area contributed by atoms with E-state index < -0.39 is 5.97 Å². The molecule has 0 radical (unpaired) electrons. The maximum Gasteiger partial charge on any atom is 0.354 e. The summed E-state index contributed by atoms with van der Waals surface area (Å²) in [6, 6.07) is 6.33. The molecular weight excluding hydrogens is 295 g/mol. The van der Waals surface area contributed by atoms with Crippen LogP contribution >= 0.6 is 35.0 Å². The van der Waals surface area contributed by atoms with E-state index in [1.165, 1.54) is 12.3 Å². The number of halogens is 2. The molecule has 0 atom stereocenters. The van der Waals surface area contributed by atoms with Crippen LogP contribution in [0.4, 0.5) is 0 Å². The summed E-state index contributed by atoms with van der Waals surface area (Å²) in [6.07, 6.45) is 1.39. The molecule has 0 bridgehead atoms. The minimum absolute atomic E-state index is 0.0642. The van der Waals surface area contributed by atoms with E-state index in [9.17, 15) is 4.79 Å². The molecule has 18 heavy (non-hydrogen) atoms. The van der Waals surface area contributed by atoms with Gasteiger partial charge >= 0.3 is 5.97 Å². The van der Waals surface area contributed by atoms with Crippen molar-refractivity contribution in [1.29, 1.82) is 0 Å². The number of carboxylic acid groups (broad SMARTS) is 1. The fourth-order valence-electron chi connectivity index (χ4n) is 1.16. The quantitative estimate of drug-likeness (QED) is 0.877. The van der Waals surface area contributed by atoms with Gasteiger partial charge < -0.3 is 5.11 Å². The third kappa shape index (κ3) is 3.13. The number of carboxylic acids is 1. The molecule has 0 amide bonds. The van der Waals surface area contributed by atoms with Crippen LogP contribution in [0.25, 0.3) is 0 Å². The van der Waals surface area contributed by atoms with Crippen molar-refractivity contribution in [2.75, 3.05) is 0 Å². The summed E-state index contributed by atoms with van der Waals surface area (Å²) in [7, 11) is 0. The number of rotatable bonds is 3. The first kappa shape index (κ1) is 13.1. The molecule has 0 spiro atoms. The predicted octanol–water partition coefficient (Wildman–Crippen LogP) is 3.63. The van der Waals surface area contributed by atoms with Crippen molar-refractivity contribution in [2.24, 2.45) is 0 Å². The van der Waals surface area contributed by atoms with Crippen molar-refractivity contribution in [3.8, 4) is 0 Å². The highest BCUT2D eigenvalue weighted by atomic mass is 35.5. The minimum atomic E-state index is -1.10. The summed E-state index contributed by atoms with van der Waals surface area (Å²) in [5, 5.41) is 10.2. The maximum atomic E-state index is 10.8. The number of benzene rings is 1. The number of aromatic nitrogens is 2. The van der Waals surface area contributed by atoms with Crippen LogP contribution in [0.15, 0.2) is 40.5 Å². The Morgan fingerprint density at radius 3 is 2.78 bits per heavy atom. The molecule has 0 saturated carbocycles.